The second-order valence-electron chi connectivity index (χ2n) is 3.10. The Morgan fingerprint density at radius 1 is 1.91 bits per heavy atom. The van der Waals surface area contributed by atoms with Crippen LogP contribution in [0.4, 0.5) is 4.79 Å². The quantitative estimate of drug-likeness (QED) is 0.583. The number of nitrogens with one attached hydrogen (secondary N) is 1. The number of rotatable bonds is 2. The van der Waals surface area contributed by atoms with E-state index in [0.29, 0.717) is 13.1 Å². The van der Waals surface area contributed by atoms with Gasteiger partial charge >= 0.3 is 6.03 Å². The van der Waals surface area contributed by atoms with E-state index < -0.39 is 6.10 Å². The van der Waals surface area contributed by atoms with E-state index in [-0.39, 0.29) is 12.1 Å². The van der Waals surface area contributed by atoms with Crippen LogP contribution >= 0.6 is 0 Å². The van der Waals surface area contributed by atoms with E-state index in [1.807, 2.05) is 6.92 Å². The Morgan fingerprint density at radius 2 is 2.55 bits per heavy atom. The third-order valence-corrected chi connectivity index (χ3v) is 1.64. The first-order chi connectivity index (χ1) is 5.09. The van der Waals surface area contributed by atoms with Gasteiger partial charge in [-0.05, 0) is 13.8 Å². The van der Waals surface area contributed by atoms with Crippen molar-refractivity contribution < 1.29 is 9.90 Å². The van der Waals surface area contributed by atoms with Crippen LogP contribution in [0.1, 0.15) is 13.8 Å². The van der Waals surface area contributed by atoms with Crippen LogP contribution in [-0.2, 0) is 0 Å². The number of carbonyl (C=O) groups is 1. The lowest BCUT2D eigenvalue weighted by Gasteiger charge is -2.15. The normalized spacial score (nSPS) is 27.0. The summed E-state index contributed by atoms with van der Waals surface area (Å²) in [4.78, 5) is 12.6. The molecule has 1 rings (SSSR count). The Kier molecular flexibility index (Phi) is 2.34. The molecule has 0 aromatic rings. The SMILES string of the molecule is CC(O)CN1CC(C)NC1=O. The number of nitrogens with zero attached hydrogens (tertiary/aromatic N) is 1. The van der Waals surface area contributed by atoms with E-state index in [1.54, 1.807) is 11.8 Å². The number of amides is 2. The molecule has 1 aliphatic heterocycles. The highest BCUT2D eigenvalue weighted by Gasteiger charge is 2.25. The number of urea groups is 1. The number of hydrogen-bond acceptors (Lipinski definition) is 2. The lowest BCUT2D eigenvalue weighted by molar-refractivity contribution is 0.144. The first kappa shape index (κ1) is 8.33. The Hall–Kier alpha value is -0.770. The van der Waals surface area contributed by atoms with Crippen molar-refractivity contribution in [2.45, 2.75) is 26.0 Å². The van der Waals surface area contributed by atoms with Crippen LogP contribution in [0, 0.1) is 0 Å². The van der Waals surface area contributed by atoms with E-state index in [2.05, 4.69) is 5.32 Å². The Morgan fingerprint density at radius 3 is 2.91 bits per heavy atom. The van der Waals surface area contributed by atoms with Crippen molar-refractivity contribution in [3.05, 3.63) is 0 Å². The highest BCUT2D eigenvalue weighted by atomic mass is 16.3. The highest BCUT2D eigenvalue weighted by molar-refractivity contribution is 5.76. The second kappa shape index (κ2) is 3.09. The fourth-order valence-electron chi connectivity index (χ4n) is 1.24. The van der Waals surface area contributed by atoms with Gasteiger partial charge in [0.25, 0.3) is 0 Å². The Bertz CT molecular complexity index is 159. The zero-order valence-corrected chi connectivity index (χ0v) is 6.87. The third-order valence-electron chi connectivity index (χ3n) is 1.64. The molecule has 0 spiro atoms. The zero-order chi connectivity index (χ0) is 8.43. The van der Waals surface area contributed by atoms with Crippen molar-refractivity contribution in [1.82, 2.24) is 10.2 Å². The molecule has 2 N–H and O–H groups in total. The molecule has 0 aliphatic carbocycles. The summed E-state index contributed by atoms with van der Waals surface area (Å²) < 4.78 is 0. The first-order valence-corrected chi connectivity index (χ1v) is 3.83. The summed E-state index contributed by atoms with van der Waals surface area (Å²) in [7, 11) is 0. The predicted octanol–water partition coefficient (Wildman–Crippen LogP) is -0.219. The zero-order valence-electron chi connectivity index (χ0n) is 6.87. The maximum absolute atomic E-state index is 11.0. The predicted molar refractivity (Wildman–Crippen MR) is 41.2 cm³/mol. The minimum absolute atomic E-state index is 0.0709. The summed E-state index contributed by atoms with van der Waals surface area (Å²) in [5.74, 6) is 0. The molecule has 11 heavy (non-hydrogen) atoms. The van der Waals surface area contributed by atoms with Crippen molar-refractivity contribution in [3.8, 4) is 0 Å². The smallest absolute Gasteiger partial charge is 0.317 e. The van der Waals surface area contributed by atoms with E-state index in [4.69, 9.17) is 5.11 Å². The number of aliphatic hydroxyl groups is 1. The van der Waals surface area contributed by atoms with Crippen LogP contribution in [0.2, 0.25) is 0 Å². The summed E-state index contributed by atoms with van der Waals surface area (Å²) in [6, 6.07) is 0.139. The largest absolute Gasteiger partial charge is 0.392 e. The average molecular weight is 158 g/mol. The van der Waals surface area contributed by atoms with Gasteiger partial charge in [-0.1, -0.05) is 0 Å². The van der Waals surface area contributed by atoms with Crippen LogP contribution in [0.3, 0.4) is 0 Å². The standard InChI is InChI=1S/C7H14N2O2/c1-5-3-9(4-6(2)10)7(11)8-5/h5-6,10H,3-4H2,1-2H3,(H,8,11). The molecule has 4 heteroatoms. The van der Waals surface area contributed by atoms with Crippen LogP contribution in [0.5, 0.6) is 0 Å². The highest BCUT2D eigenvalue weighted by Crippen LogP contribution is 2.03. The minimum atomic E-state index is -0.439. The van der Waals surface area contributed by atoms with Gasteiger partial charge in [-0.2, -0.15) is 0 Å². The molecule has 0 radical (unpaired) electrons. The monoisotopic (exact) mass is 158 g/mol. The van der Waals surface area contributed by atoms with Crippen molar-refractivity contribution in [3.63, 3.8) is 0 Å². The number of aliphatic hydroxyl groups excluding tert-OH is 1. The Labute approximate surface area is 66.2 Å². The molecule has 1 heterocycles. The van der Waals surface area contributed by atoms with Crippen LogP contribution in [-0.4, -0.2) is 41.3 Å². The molecule has 2 unspecified atom stereocenters. The van der Waals surface area contributed by atoms with Gasteiger partial charge in [0, 0.05) is 19.1 Å². The van der Waals surface area contributed by atoms with Gasteiger partial charge in [0.05, 0.1) is 6.10 Å². The van der Waals surface area contributed by atoms with E-state index in [9.17, 15) is 4.79 Å². The molecule has 2 atom stereocenters. The van der Waals surface area contributed by atoms with Gasteiger partial charge < -0.3 is 15.3 Å². The van der Waals surface area contributed by atoms with Crippen molar-refractivity contribution in [1.29, 1.82) is 0 Å². The molecular formula is C7H14N2O2. The maximum atomic E-state index is 11.0. The van der Waals surface area contributed by atoms with Crippen LogP contribution in [0.15, 0.2) is 0 Å². The van der Waals surface area contributed by atoms with Crippen LogP contribution < -0.4 is 5.32 Å². The Balaban J connectivity index is 2.41. The molecule has 0 aromatic heterocycles. The molecule has 0 aromatic carbocycles. The molecule has 2 amide bonds. The maximum Gasteiger partial charge on any atom is 0.317 e. The molecule has 64 valence electrons. The van der Waals surface area contributed by atoms with Gasteiger partial charge in [-0.25, -0.2) is 4.79 Å². The second-order valence-corrected chi connectivity index (χ2v) is 3.10. The third kappa shape index (κ3) is 2.08. The summed E-state index contributed by atoms with van der Waals surface area (Å²) >= 11 is 0. The van der Waals surface area contributed by atoms with Gasteiger partial charge in [0.2, 0.25) is 0 Å². The average Bonchev–Trinajstić information content (AvgIpc) is 2.09. The fraction of sp³-hybridized carbons (Fsp3) is 0.857. The molecule has 0 saturated carbocycles. The lowest BCUT2D eigenvalue weighted by atomic mass is 10.3. The molecule has 4 nitrogen and oxygen atoms in total. The molecule has 1 aliphatic rings. The van der Waals surface area contributed by atoms with E-state index >= 15 is 0 Å². The molecule has 0 bridgehead atoms. The fourth-order valence-corrected chi connectivity index (χ4v) is 1.24. The van der Waals surface area contributed by atoms with Gasteiger partial charge in [0.15, 0.2) is 0 Å². The lowest BCUT2D eigenvalue weighted by Crippen LogP contribution is -2.33. The summed E-state index contributed by atoms with van der Waals surface area (Å²) in [6.45, 7) is 4.75. The molecule has 1 saturated heterocycles. The summed E-state index contributed by atoms with van der Waals surface area (Å²) in [5, 5.41) is 11.7. The van der Waals surface area contributed by atoms with Crippen molar-refractivity contribution in [2.24, 2.45) is 0 Å². The topological polar surface area (TPSA) is 52.6 Å². The first-order valence-electron chi connectivity index (χ1n) is 3.83. The van der Waals surface area contributed by atoms with Gasteiger partial charge in [-0.3, -0.25) is 0 Å². The number of carbonyl (C=O) groups excluding carboxylic acids is 1. The van der Waals surface area contributed by atoms with Crippen molar-refractivity contribution in [2.75, 3.05) is 13.1 Å². The van der Waals surface area contributed by atoms with Gasteiger partial charge in [0.1, 0.15) is 0 Å². The summed E-state index contributed by atoms with van der Waals surface area (Å²) in [6.07, 6.45) is -0.439. The van der Waals surface area contributed by atoms with Crippen molar-refractivity contribution >= 4 is 6.03 Å². The summed E-state index contributed by atoms with van der Waals surface area (Å²) in [5.41, 5.74) is 0. The number of hydrogen-bond donors (Lipinski definition) is 2. The number of β-amino-alcohol motifs (C(OH)–C–C–N with tert-alkyl or cyclic N) is 1. The van der Waals surface area contributed by atoms with Crippen LogP contribution in [0.25, 0.3) is 0 Å². The molecular weight excluding hydrogens is 144 g/mol. The molecule has 1 fully saturated rings. The van der Waals surface area contributed by atoms with E-state index in [1.165, 1.54) is 0 Å². The minimum Gasteiger partial charge on any atom is -0.392 e. The van der Waals surface area contributed by atoms with Gasteiger partial charge in [-0.15, -0.1) is 0 Å². The van der Waals surface area contributed by atoms with E-state index in [0.717, 1.165) is 0 Å².